The van der Waals surface area contributed by atoms with Gasteiger partial charge in [-0.1, -0.05) is 42.5 Å². The highest BCUT2D eigenvalue weighted by atomic mass is 32.1. The first kappa shape index (κ1) is 12.8. The Morgan fingerprint density at radius 1 is 1.05 bits per heavy atom. The summed E-state index contributed by atoms with van der Waals surface area (Å²) in [5.74, 6) is 0.698. The molecule has 0 radical (unpaired) electrons. The van der Waals surface area contributed by atoms with E-state index in [0.717, 1.165) is 16.7 Å². The van der Waals surface area contributed by atoms with Gasteiger partial charge in [-0.3, -0.25) is 0 Å². The van der Waals surface area contributed by atoms with Crippen molar-refractivity contribution in [3.63, 3.8) is 0 Å². The van der Waals surface area contributed by atoms with Gasteiger partial charge in [-0.25, -0.2) is 4.98 Å². The Morgan fingerprint density at radius 2 is 1.75 bits per heavy atom. The number of imidazole rings is 1. The fourth-order valence-corrected chi connectivity index (χ4v) is 2.44. The second-order valence-electron chi connectivity index (χ2n) is 4.82. The second kappa shape index (κ2) is 5.06. The molecule has 0 saturated heterocycles. The first-order chi connectivity index (χ1) is 9.65. The molecular formula is C16H15N3S. The maximum atomic E-state index is 5.46. The van der Waals surface area contributed by atoms with Crippen LogP contribution in [0.2, 0.25) is 0 Å². The van der Waals surface area contributed by atoms with Gasteiger partial charge in [0, 0.05) is 5.69 Å². The summed E-state index contributed by atoms with van der Waals surface area (Å²) in [5, 5.41) is 3.29. The molecule has 1 heterocycles. The highest BCUT2D eigenvalue weighted by molar-refractivity contribution is 7.81. The number of aromatic amines is 1. The molecule has 3 aromatic rings. The summed E-state index contributed by atoms with van der Waals surface area (Å²) in [7, 11) is 0. The predicted molar refractivity (Wildman–Crippen MR) is 87.3 cm³/mol. The third-order valence-corrected chi connectivity index (χ3v) is 3.62. The quantitative estimate of drug-likeness (QED) is 0.698. The number of nitrogens with one attached hydrogen (secondary N) is 2. The van der Waals surface area contributed by atoms with E-state index >= 15 is 0 Å². The number of benzene rings is 2. The second-order valence-corrected chi connectivity index (χ2v) is 5.23. The number of hydrogen-bond acceptors (Lipinski definition) is 2. The minimum absolute atomic E-state index is 0.610. The van der Waals surface area contributed by atoms with Gasteiger partial charge in [0.2, 0.25) is 0 Å². The van der Waals surface area contributed by atoms with Crippen LogP contribution in [0.5, 0.6) is 0 Å². The minimum atomic E-state index is 0.610. The van der Waals surface area contributed by atoms with Crippen LogP contribution in [-0.2, 0) is 0 Å². The number of anilines is 1. The van der Waals surface area contributed by atoms with E-state index in [4.69, 9.17) is 12.2 Å². The average Bonchev–Trinajstić information content (AvgIpc) is 2.87. The van der Waals surface area contributed by atoms with Crippen molar-refractivity contribution in [2.24, 2.45) is 0 Å². The number of aryl methyl sites for hydroxylation is 2. The minimum Gasteiger partial charge on any atom is -0.343 e. The molecule has 0 amide bonds. The van der Waals surface area contributed by atoms with E-state index < -0.39 is 0 Å². The molecule has 100 valence electrons. The van der Waals surface area contributed by atoms with Crippen LogP contribution in [0.4, 0.5) is 5.69 Å². The molecule has 3 rings (SSSR count). The third kappa shape index (κ3) is 2.30. The standard InChI is InChI=1S/C16H15N3S/c1-10-6-5-7-11(2)14(10)19-16(20)15-17-12-8-3-4-9-13(12)18-15/h3-9H,1-2H3,(H,17,18)(H,19,20). The van der Waals surface area contributed by atoms with Gasteiger partial charge in [0.15, 0.2) is 5.82 Å². The summed E-state index contributed by atoms with van der Waals surface area (Å²) in [5.41, 5.74) is 5.31. The van der Waals surface area contributed by atoms with Gasteiger partial charge in [0.1, 0.15) is 4.99 Å². The van der Waals surface area contributed by atoms with Crippen molar-refractivity contribution < 1.29 is 0 Å². The van der Waals surface area contributed by atoms with Gasteiger partial charge in [0.25, 0.3) is 0 Å². The first-order valence-corrected chi connectivity index (χ1v) is 6.88. The van der Waals surface area contributed by atoms with Crippen LogP contribution in [0.1, 0.15) is 17.0 Å². The molecule has 0 aliphatic heterocycles. The van der Waals surface area contributed by atoms with E-state index in [9.17, 15) is 0 Å². The molecule has 0 aliphatic carbocycles. The zero-order valence-corrected chi connectivity index (χ0v) is 12.2. The lowest BCUT2D eigenvalue weighted by Crippen LogP contribution is -2.14. The molecule has 0 aliphatic rings. The van der Waals surface area contributed by atoms with Crippen molar-refractivity contribution in [1.29, 1.82) is 0 Å². The van der Waals surface area contributed by atoms with Crippen molar-refractivity contribution in [2.45, 2.75) is 13.8 Å². The molecule has 2 aromatic carbocycles. The van der Waals surface area contributed by atoms with Gasteiger partial charge in [-0.05, 0) is 37.1 Å². The first-order valence-electron chi connectivity index (χ1n) is 6.47. The normalized spacial score (nSPS) is 10.7. The molecular weight excluding hydrogens is 266 g/mol. The highest BCUT2D eigenvalue weighted by Gasteiger charge is 2.10. The lowest BCUT2D eigenvalue weighted by Gasteiger charge is -2.11. The molecule has 3 nitrogen and oxygen atoms in total. The summed E-state index contributed by atoms with van der Waals surface area (Å²) >= 11 is 5.46. The van der Waals surface area contributed by atoms with Crippen LogP contribution in [0.15, 0.2) is 42.5 Å². The van der Waals surface area contributed by atoms with Gasteiger partial charge in [0.05, 0.1) is 11.0 Å². The zero-order chi connectivity index (χ0) is 14.1. The van der Waals surface area contributed by atoms with Gasteiger partial charge < -0.3 is 10.3 Å². The summed E-state index contributed by atoms with van der Waals surface area (Å²) in [6.45, 7) is 4.13. The van der Waals surface area contributed by atoms with Gasteiger partial charge >= 0.3 is 0 Å². The number of H-pyrrole nitrogens is 1. The Morgan fingerprint density at radius 3 is 2.45 bits per heavy atom. The maximum absolute atomic E-state index is 5.46. The molecule has 0 bridgehead atoms. The zero-order valence-electron chi connectivity index (χ0n) is 11.4. The highest BCUT2D eigenvalue weighted by Crippen LogP contribution is 2.20. The summed E-state index contributed by atoms with van der Waals surface area (Å²) in [6.07, 6.45) is 0. The Labute approximate surface area is 123 Å². The van der Waals surface area contributed by atoms with Gasteiger partial charge in [-0.15, -0.1) is 0 Å². The lowest BCUT2D eigenvalue weighted by atomic mass is 10.1. The predicted octanol–water partition coefficient (Wildman–Crippen LogP) is 3.97. The van der Waals surface area contributed by atoms with Crippen LogP contribution in [0.3, 0.4) is 0 Å². The monoisotopic (exact) mass is 281 g/mol. The van der Waals surface area contributed by atoms with Crippen LogP contribution in [-0.4, -0.2) is 15.0 Å². The number of hydrogen-bond donors (Lipinski definition) is 2. The number of rotatable bonds is 2. The molecule has 0 atom stereocenters. The fourth-order valence-electron chi connectivity index (χ4n) is 2.24. The summed E-state index contributed by atoms with van der Waals surface area (Å²) in [6, 6.07) is 14.1. The smallest absolute Gasteiger partial charge is 0.166 e. The van der Waals surface area contributed by atoms with E-state index in [1.165, 1.54) is 11.1 Å². The van der Waals surface area contributed by atoms with E-state index in [2.05, 4.69) is 41.3 Å². The lowest BCUT2D eigenvalue weighted by molar-refractivity contribution is 1.29. The Kier molecular flexibility index (Phi) is 3.24. The molecule has 0 saturated carbocycles. The number of thiocarbonyl (C=S) groups is 1. The molecule has 1 aromatic heterocycles. The summed E-state index contributed by atoms with van der Waals surface area (Å²) < 4.78 is 0. The average molecular weight is 281 g/mol. The number of para-hydroxylation sites is 3. The Balaban J connectivity index is 1.93. The molecule has 2 N–H and O–H groups in total. The van der Waals surface area contributed by atoms with E-state index in [1.54, 1.807) is 0 Å². The van der Waals surface area contributed by atoms with Crippen molar-refractivity contribution in [2.75, 3.05) is 5.32 Å². The van der Waals surface area contributed by atoms with Crippen molar-refractivity contribution >= 4 is 33.9 Å². The van der Waals surface area contributed by atoms with E-state index in [1.807, 2.05) is 30.3 Å². The van der Waals surface area contributed by atoms with Crippen LogP contribution in [0.25, 0.3) is 11.0 Å². The fraction of sp³-hybridized carbons (Fsp3) is 0.125. The molecule has 4 heteroatoms. The Hall–Kier alpha value is -2.20. The SMILES string of the molecule is Cc1cccc(C)c1NC(=S)c1nc2ccccc2[nH]1. The van der Waals surface area contributed by atoms with Crippen molar-refractivity contribution in [3.8, 4) is 0 Å². The Bertz CT molecular complexity index is 736. The topological polar surface area (TPSA) is 40.7 Å². The number of aromatic nitrogens is 2. The van der Waals surface area contributed by atoms with Crippen LogP contribution < -0.4 is 5.32 Å². The van der Waals surface area contributed by atoms with E-state index in [-0.39, 0.29) is 0 Å². The molecule has 0 unspecified atom stereocenters. The van der Waals surface area contributed by atoms with E-state index in [0.29, 0.717) is 10.8 Å². The molecule has 0 fully saturated rings. The van der Waals surface area contributed by atoms with Gasteiger partial charge in [-0.2, -0.15) is 0 Å². The van der Waals surface area contributed by atoms with Crippen molar-refractivity contribution in [1.82, 2.24) is 9.97 Å². The number of nitrogens with zero attached hydrogens (tertiary/aromatic N) is 1. The van der Waals surface area contributed by atoms with Crippen LogP contribution >= 0.6 is 12.2 Å². The molecule has 0 spiro atoms. The third-order valence-electron chi connectivity index (χ3n) is 3.32. The van der Waals surface area contributed by atoms with Crippen molar-refractivity contribution in [3.05, 3.63) is 59.4 Å². The maximum Gasteiger partial charge on any atom is 0.166 e. The summed E-state index contributed by atoms with van der Waals surface area (Å²) in [4.78, 5) is 8.36. The largest absolute Gasteiger partial charge is 0.343 e. The number of fused-ring (bicyclic) bond motifs is 1. The molecule has 20 heavy (non-hydrogen) atoms. The van der Waals surface area contributed by atoms with Crippen LogP contribution in [0, 0.1) is 13.8 Å².